The molecule has 0 aliphatic rings. The Morgan fingerprint density at radius 2 is 1.88 bits per heavy atom. The van der Waals surface area contributed by atoms with Crippen molar-refractivity contribution in [3.8, 4) is 0 Å². The van der Waals surface area contributed by atoms with E-state index in [2.05, 4.69) is 5.32 Å². The number of carbonyl (C=O) groups excluding carboxylic acids is 1. The smallest absolute Gasteiger partial charge is 0.224 e. The summed E-state index contributed by atoms with van der Waals surface area (Å²) < 4.78 is 0. The summed E-state index contributed by atoms with van der Waals surface area (Å²) in [6, 6.07) is 7.25. The van der Waals surface area contributed by atoms with E-state index in [1.165, 1.54) is 0 Å². The van der Waals surface area contributed by atoms with Crippen LogP contribution < -0.4 is 11.1 Å². The lowest BCUT2D eigenvalue weighted by Crippen LogP contribution is -2.38. The SMILES string of the molecule is CC(N)C(C)C(=O)NCc1ccc(Cl)cc1.Cl. The number of halogens is 2. The van der Waals surface area contributed by atoms with Crippen LogP contribution in [0.1, 0.15) is 19.4 Å². The van der Waals surface area contributed by atoms with E-state index in [0.29, 0.717) is 11.6 Å². The maximum absolute atomic E-state index is 11.6. The molecule has 0 radical (unpaired) electrons. The number of hydrogen-bond acceptors (Lipinski definition) is 2. The van der Waals surface area contributed by atoms with Gasteiger partial charge in [0, 0.05) is 23.5 Å². The molecule has 0 aromatic heterocycles. The van der Waals surface area contributed by atoms with Crippen molar-refractivity contribution in [2.45, 2.75) is 26.4 Å². The third-order valence-electron chi connectivity index (χ3n) is 2.58. The molecule has 0 saturated heterocycles. The van der Waals surface area contributed by atoms with E-state index in [0.717, 1.165) is 5.56 Å². The van der Waals surface area contributed by atoms with Crippen LogP contribution in [0.2, 0.25) is 5.02 Å². The van der Waals surface area contributed by atoms with Gasteiger partial charge in [-0.3, -0.25) is 4.79 Å². The van der Waals surface area contributed by atoms with Gasteiger partial charge in [0.1, 0.15) is 0 Å². The molecule has 0 aliphatic heterocycles. The molecule has 3 N–H and O–H groups in total. The van der Waals surface area contributed by atoms with Crippen molar-refractivity contribution < 1.29 is 4.79 Å². The van der Waals surface area contributed by atoms with Gasteiger partial charge in [0.05, 0.1) is 0 Å². The summed E-state index contributed by atoms with van der Waals surface area (Å²) in [4.78, 5) is 11.6. The van der Waals surface area contributed by atoms with Crippen molar-refractivity contribution in [2.24, 2.45) is 11.7 Å². The van der Waals surface area contributed by atoms with Gasteiger partial charge in [0.25, 0.3) is 0 Å². The van der Waals surface area contributed by atoms with E-state index in [1.54, 1.807) is 12.1 Å². The summed E-state index contributed by atoms with van der Waals surface area (Å²) in [5, 5.41) is 3.53. The molecule has 0 heterocycles. The van der Waals surface area contributed by atoms with Crippen molar-refractivity contribution in [1.82, 2.24) is 5.32 Å². The second-order valence-corrected chi connectivity index (χ2v) is 4.43. The first-order chi connectivity index (χ1) is 7.50. The number of rotatable bonds is 4. The van der Waals surface area contributed by atoms with Crippen molar-refractivity contribution in [1.29, 1.82) is 0 Å². The topological polar surface area (TPSA) is 55.1 Å². The van der Waals surface area contributed by atoms with Crippen LogP contribution in [0, 0.1) is 5.92 Å². The summed E-state index contributed by atoms with van der Waals surface area (Å²) in [6.07, 6.45) is 0. The first-order valence-corrected chi connectivity index (χ1v) is 5.66. The Balaban J connectivity index is 0.00000256. The highest BCUT2D eigenvalue weighted by atomic mass is 35.5. The van der Waals surface area contributed by atoms with Gasteiger partial charge in [-0.15, -0.1) is 12.4 Å². The molecular weight excluding hydrogens is 259 g/mol. The molecule has 0 saturated carbocycles. The molecular formula is C12H18Cl2N2O. The Hall–Kier alpha value is -0.770. The quantitative estimate of drug-likeness (QED) is 0.887. The van der Waals surface area contributed by atoms with Crippen LogP contribution in [0.15, 0.2) is 24.3 Å². The monoisotopic (exact) mass is 276 g/mol. The van der Waals surface area contributed by atoms with Gasteiger partial charge < -0.3 is 11.1 Å². The fourth-order valence-electron chi connectivity index (χ4n) is 1.19. The Bertz CT molecular complexity index is 352. The van der Waals surface area contributed by atoms with Gasteiger partial charge in [-0.25, -0.2) is 0 Å². The molecule has 5 heteroatoms. The first kappa shape index (κ1) is 16.2. The largest absolute Gasteiger partial charge is 0.352 e. The van der Waals surface area contributed by atoms with Crippen LogP contribution in [0.3, 0.4) is 0 Å². The fourth-order valence-corrected chi connectivity index (χ4v) is 1.32. The lowest BCUT2D eigenvalue weighted by Gasteiger charge is -2.15. The van der Waals surface area contributed by atoms with Gasteiger partial charge in [0.15, 0.2) is 0 Å². The highest BCUT2D eigenvalue weighted by molar-refractivity contribution is 6.30. The Morgan fingerprint density at radius 1 is 1.35 bits per heavy atom. The predicted octanol–water partition coefficient (Wildman–Crippen LogP) is 2.36. The van der Waals surface area contributed by atoms with Gasteiger partial charge >= 0.3 is 0 Å². The lowest BCUT2D eigenvalue weighted by atomic mass is 10.0. The van der Waals surface area contributed by atoms with E-state index >= 15 is 0 Å². The third-order valence-corrected chi connectivity index (χ3v) is 2.83. The van der Waals surface area contributed by atoms with Crippen LogP contribution in [0.25, 0.3) is 0 Å². The average molecular weight is 277 g/mol. The minimum absolute atomic E-state index is 0. The molecule has 17 heavy (non-hydrogen) atoms. The highest BCUT2D eigenvalue weighted by Crippen LogP contribution is 2.09. The molecule has 2 atom stereocenters. The molecule has 1 aromatic rings. The highest BCUT2D eigenvalue weighted by Gasteiger charge is 2.16. The van der Waals surface area contributed by atoms with E-state index in [9.17, 15) is 4.79 Å². The minimum atomic E-state index is -0.174. The minimum Gasteiger partial charge on any atom is -0.352 e. The van der Waals surface area contributed by atoms with E-state index in [1.807, 2.05) is 26.0 Å². The van der Waals surface area contributed by atoms with Crippen molar-refractivity contribution >= 4 is 29.9 Å². The Morgan fingerprint density at radius 3 is 2.35 bits per heavy atom. The Labute approximate surface area is 113 Å². The van der Waals surface area contributed by atoms with Crippen LogP contribution in [-0.4, -0.2) is 11.9 Å². The summed E-state index contributed by atoms with van der Waals surface area (Å²) in [5.41, 5.74) is 6.67. The normalized spacial score (nSPS) is 13.4. The fraction of sp³-hybridized carbons (Fsp3) is 0.417. The first-order valence-electron chi connectivity index (χ1n) is 5.28. The van der Waals surface area contributed by atoms with Crippen molar-refractivity contribution in [3.63, 3.8) is 0 Å². The summed E-state index contributed by atoms with van der Waals surface area (Å²) in [6.45, 7) is 4.15. The molecule has 0 aliphatic carbocycles. The second kappa shape index (κ2) is 7.54. The van der Waals surface area contributed by atoms with Crippen molar-refractivity contribution in [2.75, 3.05) is 0 Å². The van der Waals surface area contributed by atoms with Crippen LogP contribution in [0.4, 0.5) is 0 Å². The van der Waals surface area contributed by atoms with Crippen LogP contribution in [0.5, 0.6) is 0 Å². The molecule has 1 amide bonds. The summed E-state index contributed by atoms with van der Waals surface area (Å²) >= 11 is 5.76. The number of benzene rings is 1. The van der Waals surface area contributed by atoms with Crippen LogP contribution in [-0.2, 0) is 11.3 Å². The maximum atomic E-state index is 11.6. The van der Waals surface area contributed by atoms with E-state index in [4.69, 9.17) is 17.3 Å². The van der Waals surface area contributed by atoms with E-state index < -0.39 is 0 Å². The summed E-state index contributed by atoms with van der Waals surface area (Å²) in [7, 11) is 0. The number of hydrogen-bond donors (Lipinski definition) is 2. The van der Waals surface area contributed by atoms with E-state index in [-0.39, 0.29) is 30.3 Å². The van der Waals surface area contributed by atoms with Gasteiger partial charge in [-0.1, -0.05) is 30.7 Å². The molecule has 0 spiro atoms. The number of amides is 1. The second-order valence-electron chi connectivity index (χ2n) is 3.99. The van der Waals surface area contributed by atoms with Crippen LogP contribution >= 0.6 is 24.0 Å². The number of nitrogens with one attached hydrogen (secondary N) is 1. The summed E-state index contributed by atoms with van der Waals surface area (Å²) in [5.74, 6) is -0.197. The molecule has 1 aromatic carbocycles. The zero-order chi connectivity index (χ0) is 12.1. The Kier molecular flexibility index (Phi) is 7.19. The zero-order valence-corrected chi connectivity index (χ0v) is 11.5. The molecule has 0 fully saturated rings. The predicted molar refractivity (Wildman–Crippen MR) is 73.4 cm³/mol. The average Bonchev–Trinajstić information content (AvgIpc) is 2.26. The number of carbonyl (C=O) groups is 1. The van der Waals surface area contributed by atoms with Crippen molar-refractivity contribution in [3.05, 3.63) is 34.9 Å². The number of nitrogens with two attached hydrogens (primary N) is 1. The molecule has 2 unspecified atom stereocenters. The van der Waals surface area contributed by atoms with Gasteiger partial charge in [-0.2, -0.15) is 0 Å². The zero-order valence-electron chi connectivity index (χ0n) is 9.94. The van der Waals surface area contributed by atoms with Gasteiger partial charge in [0.2, 0.25) is 5.91 Å². The third kappa shape index (κ3) is 5.39. The molecule has 1 rings (SSSR count). The standard InChI is InChI=1S/C12H17ClN2O.ClH/c1-8(9(2)14)12(16)15-7-10-3-5-11(13)6-4-10;/h3-6,8-9H,7,14H2,1-2H3,(H,15,16);1H. The molecule has 96 valence electrons. The lowest BCUT2D eigenvalue weighted by molar-refractivity contribution is -0.125. The van der Waals surface area contributed by atoms with Gasteiger partial charge in [-0.05, 0) is 24.6 Å². The molecule has 0 bridgehead atoms. The maximum Gasteiger partial charge on any atom is 0.224 e. The molecule has 3 nitrogen and oxygen atoms in total.